The van der Waals surface area contributed by atoms with Crippen molar-refractivity contribution in [2.75, 3.05) is 0 Å². The van der Waals surface area contributed by atoms with Crippen LogP contribution in [0.5, 0.6) is 0 Å². The van der Waals surface area contributed by atoms with Crippen molar-refractivity contribution in [3.63, 3.8) is 0 Å². The van der Waals surface area contributed by atoms with Gasteiger partial charge in [-0.05, 0) is 19.3 Å². The molecule has 1 aliphatic carbocycles. The van der Waals surface area contributed by atoms with E-state index in [1.54, 1.807) is 0 Å². The van der Waals surface area contributed by atoms with Crippen LogP contribution in [0.1, 0.15) is 19.3 Å². The number of carbonyl (C=O) groups is 3. The average Bonchev–Trinajstić information content (AvgIpc) is 2.50. The van der Waals surface area contributed by atoms with E-state index in [1.165, 1.54) is 0 Å². The third-order valence-electron chi connectivity index (χ3n) is 2.20. The van der Waals surface area contributed by atoms with Crippen LogP contribution in [0.2, 0.25) is 0 Å². The molecule has 2 atom stereocenters. The van der Waals surface area contributed by atoms with Gasteiger partial charge in [-0.2, -0.15) is 0 Å². The Morgan fingerprint density at radius 3 is 2.29 bits per heavy atom. The van der Waals surface area contributed by atoms with Crippen LogP contribution >= 0.6 is 0 Å². The molecule has 1 saturated carbocycles. The SMILES string of the molecule is O=C(O)C(=O)C(=O)NC1CCCC1O. The second kappa shape index (κ2) is 4.19. The molecule has 78 valence electrons. The molecule has 0 bridgehead atoms. The maximum absolute atomic E-state index is 10.9. The Hall–Kier alpha value is -1.43. The van der Waals surface area contributed by atoms with Gasteiger partial charge in [-0.25, -0.2) is 4.79 Å². The van der Waals surface area contributed by atoms with Crippen molar-refractivity contribution in [1.82, 2.24) is 5.32 Å². The Balaban J connectivity index is 2.48. The molecule has 0 heterocycles. The Kier molecular flexibility index (Phi) is 3.19. The number of aliphatic carboxylic acids is 1. The zero-order valence-corrected chi connectivity index (χ0v) is 7.40. The lowest BCUT2D eigenvalue weighted by Crippen LogP contribution is -2.45. The van der Waals surface area contributed by atoms with Crippen LogP contribution in [0.15, 0.2) is 0 Å². The number of amides is 1. The molecule has 3 N–H and O–H groups in total. The lowest BCUT2D eigenvalue weighted by molar-refractivity contribution is -0.153. The summed E-state index contributed by atoms with van der Waals surface area (Å²) in [6.07, 6.45) is 1.21. The molecule has 0 radical (unpaired) electrons. The van der Waals surface area contributed by atoms with Crippen molar-refractivity contribution in [2.24, 2.45) is 0 Å². The van der Waals surface area contributed by atoms with Gasteiger partial charge in [0.25, 0.3) is 5.91 Å². The number of nitrogens with one attached hydrogen (secondary N) is 1. The summed E-state index contributed by atoms with van der Waals surface area (Å²) in [4.78, 5) is 31.7. The van der Waals surface area contributed by atoms with Gasteiger partial charge in [0.2, 0.25) is 0 Å². The molecule has 14 heavy (non-hydrogen) atoms. The second-order valence-electron chi connectivity index (χ2n) is 3.21. The fourth-order valence-corrected chi connectivity index (χ4v) is 1.44. The predicted octanol–water partition coefficient (Wildman–Crippen LogP) is -1.33. The third-order valence-corrected chi connectivity index (χ3v) is 2.20. The van der Waals surface area contributed by atoms with E-state index >= 15 is 0 Å². The number of carbonyl (C=O) groups excluding carboxylic acids is 2. The van der Waals surface area contributed by atoms with Gasteiger partial charge >= 0.3 is 11.8 Å². The molecule has 1 fully saturated rings. The number of aliphatic hydroxyl groups excluding tert-OH is 1. The molecule has 0 spiro atoms. The smallest absolute Gasteiger partial charge is 0.382 e. The van der Waals surface area contributed by atoms with Crippen LogP contribution in [0.3, 0.4) is 0 Å². The van der Waals surface area contributed by atoms with E-state index in [0.717, 1.165) is 6.42 Å². The van der Waals surface area contributed by atoms with Crippen molar-refractivity contribution in [2.45, 2.75) is 31.4 Å². The largest absolute Gasteiger partial charge is 0.475 e. The van der Waals surface area contributed by atoms with Crippen molar-refractivity contribution < 1.29 is 24.6 Å². The lowest BCUT2D eigenvalue weighted by atomic mass is 10.2. The number of rotatable bonds is 3. The van der Waals surface area contributed by atoms with Crippen molar-refractivity contribution >= 4 is 17.7 Å². The molecule has 0 aromatic rings. The fraction of sp³-hybridized carbons (Fsp3) is 0.625. The first kappa shape index (κ1) is 10.6. The molecule has 0 aromatic carbocycles. The minimum atomic E-state index is -1.78. The van der Waals surface area contributed by atoms with Crippen molar-refractivity contribution in [1.29, 1.82) is 0 Å². The molecule has 6 heteroatoms. The van der Waals surface area contributed by atoms with Gasteiger partial charge in [0.15, 0.2) is 0 Å². The van der Waals surface area contributed by atoms with Gasteiger partial charge < -0.3 is 15.5 Å². The molecule has 0 aliphatic heterocycles. The van der Waals surface area contributed by atoms with Gasteiger partial charge in [-0.3, -0.25) is 9.59 Å². The molecular weight excluding hydrogens is 190 g/mol. The number of carboxylic acid groups (broad SMARTS) is 1. The summed E-state index contributed by atoms with van der Waals surface area (Å²) in [7, 11) is 0. The highest BCUT2D eigenvalue weighted by Gasteiger charge is 2.30. The van der Waals surface area contributed by atoms with E-state index < -0.39 is 29.8 Å². The molecule has 0 aromatic heterocycles. The maximum Gasteiger partial charge on any atom is 0.382 e. The first-order valence-electron chi connectivity index (χ1n) is 4.28. The fourth-order valence-electron chi connectivity index (χ4n) is 1.44. The van der Waals surface area contributed by atoms with Crippen molar-refractivity contribution in [3.8, 4) is 0 Å². The first-order valence-corrected chi connectivity index (χ1v) is 4.28. The highest BCUT2D eigenvalue weighted by molar-refractivity contribution is 6.61. The topological polar surface area (TPSA) is 104 Å². The minimum absolute atomic E-state index is 0.495. The molecular formula is C8H11NO5. The second-order valence-corrected chi connectivity index (χ2v) is 3.21. The van der Waals surface area contributed by atoms with Crippen LogP contribution in [0, 0.1) is 0 Å². The van der Waals surface area contributed by atoms with Crippen molar-refractivity contribution in [3.05, 3.63) is 0 Å². The maximum atomic E-state index is 10.9. The van der Waals surface area contributed by atoms with Gasteiger partial charge in [0.1, 0.15) is 0 Å². The van der Waals surface area contributed by atoms with E-state index in [4.69, 9.17) is 5.11 Å². The van der Waals surface area contributed by atoms with Crippen LogP contribution in [0.25, 0.3) is 0 Å². The van der Waals surface area contributed by atoms with Crippen LogP contribution in [0.4, 0.5) is 0 Å². The van der Waals surface area contributed by atoms with E-state index in [2.05, 4.69) is 5.32 Å². The number of carboxylic acids is 1. The summed E-state index contributed by atoms with van der Waals surface area (Å²) < 4.78 is 0. The van der Waals surface area contributed by atoms with Crippen LogP contribution < -0.4 is 5.32 Å². The van der Waals surface area contributed by atoms with Gasteiger partial charge in [0, 0.05) is 0 Å². The third kappa shape index (κ3) is 2.29. The first-order chi connectivity index (χ1) is 6.52. The lowest BCUT2D eigenvalue weighted by Gasteiger charge is -2.14. The number of hydrogen-bond acceptors (Lipinski definition) is 4. The predicted molar refractivity (Wildman–Crippen MR) is 44.4 cm³/mol. The average molecular weight is 201 g/mol. The van der Waals surface area contributed by atoms with Gasteiger partial charge in [-0.15, -0.1) is 0 Å². The van der Waals surface area contributed by atoms with Crippen LogP contribution in [-0.2, 0) is 14.4 Å². The van der Waals surface area contributed by atoms with E-state index in [1.807, 2.05) is 0 Å². The van der Waals surface area contributed by atoms with E-state index in [-0.39, 0.29) is 0 Å². The number of Topliss-reactive ketones (excluding diaryl/α,β-unsaturated/α-hetero) is 1. The number of hydrogen-bond donors (Lipinski definition) is 3. The summed E-state index contributed by atoms with van der Waals surface area (Å²) in [5, 5.41) is 19.7. The number of ketones is 1. The Morgan fingerprint density at radius 2 is 1.86 bits per heavy atom. The standard InChI is InChI=1S/C8H11NO5/c10-5-3-1-2-4(5)9-7(12)6(11)8(13)14/h4-5,10H,1-3H2,(H,9,12)(H,13,14). The molecule has 1 amide bonds. The zero-order chi connectivity index (χ0) is 10.7. The highest BCUT2D eigenvalue weighted by atomic mass is 16.4. The number of aliphatic hydroxyl groups is 1. The summed E-state index contributed by atoms with van der Waals surface area (Å²) in [5.41, 5.74) is 0. The minimum Gasteiger partial charge on any atom is -0.475 e. The zero-order valence-electron chi connectivity index (χ0n) is 7.40. The van der Waals surface area contributed by atoms with E-state index in [0.29, 0.717) is 12.8 Å². The summed E-state index contributed by atoms with van der Waals surface area (Å²) >= 11 is 0. The van der Waals surface area contributed by atoms with Gasteiger partial charge in [0.05, 0.1) is 12.1 Å². The van der Waals surface area contributed by atoms with Crippen LogP contribution in [-0.4, -0.2) is 40.0 Å². The van der Waals surface area contributed by atoms with Gasteiger partial charge in [-0.1, -0.05) is 0 Å². The highest BCUT2D eigenvalue weighted by Crippen LogP contribution is 2.18. The molecule has 6 nitrogen and oxygen atoms in total. The Morgan fingerprint density at radius 1 is 1.21 bits per heavy atom. The summed E-state index contributed by atoms with van der Waals surface area (Å²) in [6.45, 7) is 0. The monoisotopic (exact) mass is 201 g/mol. The van der Waals surface area contributed by atoms with E-state index in [9.17, 15) is 19.5 Å². The molecule has 1 aliphatic rings. The summed E-state index contributed by atoms with van der Waals surface area (Å²) in [5.74, 6) is -4.44. The Labute approximate surface area is 79.9 Å². The molecule has 0 saturated heterocycles. The molecule has 1 rings (SSSR count). The quantitative estimate of drug-likeness (QED) is 0.387. The molecule has 2 unspecified atom stereocenters. The Bertz CT molecular complexity index is 275. The normalized spacial score (nSPS) is 25.8. The summed E-state index contributed by atoms with van der Waals surface area (Å²) in [6, 6.07) is -0.495.